The first-order valence-electron chi connectivity index (χ1n) is 5.41. The van der Waals surface area contributed by atoms with Crippen LogP contribution in [-0.2, 0) is 0 Å². The molecule has 2 aromatic carbocycles. The Labute approximate surface area is 114 Å². The highest BCUT2D eigenvalue weighted by Crippen LogP contribution is 2.38. The van der Waals surface area contributed by atoms with Crippen molar-refractivity contribution in [1.82, 2.24) is 9.97 Å². The second-order valence-corrected chi connectivity index (χ2v) is 4.63. The fourth-order valence-electron chi connectivity index (χ4n) is 1.90. The second kappa shape index (κ2) is 4.56. The van der Waals surface area contributed by atoms with E-state index in [-0.39, 0.29) is 0 Å². The monoisotopic (exact) mass is 274 g/mol. The molecule has 0 fully saturated rings. The summed E-state index contributed by atoms with van der Waals surface area (Å²) in [5.41, 5.74) is 0.678. The zero-order valence-corrected chi connectivity index (χ0v) is 10.8. The van der Waals surface area contributed by atoms with Gasteiger partial charge < -0.3 is 0 Å². The Hall–Kier alpha value is -1.64. The van der Waals surface area contributed by atoms with Crippen LogP contribution < -0.4 is 0 Å². The zero-order valence-electron chi connectivity index (χ0n) is 9.27. The molecular formula is C14H8Cl2N2. The number of hydrogen-bond acceptors (Lipinski definition) is 2. The Morgan fingerprint density at radius 1 is 0.889 bits per heavy atom. The summed E-state index contributed by atoms with van der Waals surface area (Å²) in [5.74, 6) is 0.540. The van der Waals surface area contributed by atoms with Crippen LogP contribution in [0.3, 0.4) is 0 Å². The molecule has 1 heterocycles. The summed E-state index contributed by atoms with van der Waals surface area (Å²) < 4.78 is 0. The lowest BCUT2D eigenvalue weighted by Crippen LogP contribution is -1.90. The van der Waals surface area contributed by atoms with Crippen molar-refractivity contribution in [3.8, 4) is 11.4 Å². The van der Waals surface area contributed by atoms with Gasteiger partial charge in [0.15, 0.2) is 5.82 Å². The number of rotatable bonds is 1. The van der Waals surface area contributed by atoms with Crippen molar-refractivity contribution in [2.45, 2.75) is 0 Å². The topological polar surface area (TPSA) is 25.8 Å². The van der Waals surface area contributed by atoms with Gasteiger partial charge in [0.1, 0.15) is 0 Å². The van der Waals surface area contributed by atoms with E-state index in [0.717, 1.165) is 10.8 Å². The average molecular weight is 275 g/mol. The molecule has 0 unspecified atom stereocenters. The number of halogens is 2. The minimum absolute atomic E-state index is 0.540. The van der Waals surface area contributed by atoms with E-state index >= 15 is 0 Å². The van der Waals surface area contributed by atoms with Crippen LogP contribution in [0.2, 0.25) is 10.0 Å². The molecule has 0 amide bonds. The standard InChI is InChI=1S/C14H8Cl2N2/c15-11-8-9-4-1-2-5-10(9)13(16)12(11)14-17-6-3-7-18-14/h1-8H. The van der Waals surface area contributed by atoms with Crippen LogP contribution in [0.15, 0.2) is 48.8 Å². The number of benzene rings is 2. The van der Waals surface area contributed by atoms with Crippen molar-refractivity contribution in [3.63, 3.8) is 0 Å². The van der Waals surface area contributed by atoms with E-state index in [1.165, 1.54) is 0 Å². The molecule has 88 valence electrons. The van der Waals surface area contributed by atoms with Gasteiger partial charge in [0.25, 0.3) is 0 Å². The van der Waals surface area contributed by atoms with Gasteiger partial charge in [-0.25, -0.2) is 9.97 Å². The Kier molecular flexibility index (Phi) is 2.90. The van der Waals surface area contributed by atoms with Crippen LogP contribution in [0, 0.1) is 0 Å². The van der Waals surface area contributed by atoms with Crippen molar-refractivity contribution in [1.29, 1.82) is 0 Å². The van der Waals surface area contributed by atoms with Crippen LogP contribution in [0.1, 0.15) is 0 Å². The molecule has 4 heteroatoms. The number of hydrogen-bond donors (Lipinski definition) is 0. The molecule has 0 aliphatic heterocycles. The summed E-state index contributed by atoms with van der Waals surface area (Å²) in [6.07, 6.45) is 3.34. The fourth-order valence-corrected chi connectivity index (χ4v) is 2.61. The maximum atomic E-state index is 6.42. The van der Waals surface area contributed by atoms with Gasteiger partial charge in [0.2, 0.25) is 0 Å². The molecule has 18 heavy (non-hydrogen) atoms. The molecule has 0 saturated carbocycles. The first-order chi connectivity index (χ1) is 8.77. The van der Waals surface area contributed by atoms with E-state index in [2.05, 4.69) is 9.97 Å². The zero-order chi connectivity index (χ0) is 12.5. The van der Waals surface area contributed by atoms with Crippen molar-refractivity contribution in [2.24, 2.45) is 0 Å². The molecule has 0 aliphatic rings. The molecule has 3 aromatic rings. The second-order valence-electron chi connectivity index (χ2n) is 3.84. The van der Waals surface area contributed by atoms with E-state index in [1.807, 2.05) is 30.3 Å². The lowest BCUT2D eigenvalue weighted by atomic mass is 10.1. The van der Waals surface area contributed by atoms with Gasteiger partial charge in [-0.3, -0.25) is 0 Å². The van der Waals surface area contributed by atoms with E-state index in [9.17, 15) is 0 Å². The molecule has 0 aliphatic carbocycles. The van der Waals surface area contributed by atoms with E-state index in [0.29, 0.717) is 21.4 Å². The molecule has 3 rings (SSSR count). The van der Waals surface area contributed by atoms with Gasteiger partial charge >= 0.3 is 0 Å². The average Bonchev–Trinajstić information content (AvgIpc) is 2.40. The number of nitrogens with zero attached hydrogens (tertiary/aromatic N) is 2. The molecular weight excluding hydrogens is 267 g/mol. The first kappa shape index (κ1) is 11.5. The van der Waals surface area contributed by atoms with E-state index < -0.39 is 0 Å². The van der Waals surface area contributed by atoms with Crippen LogP contribution in [0.5, 0.6) is 0 Å². The highest BCUT2D eigenvalue weighted by Gasteiger charge is 2.14. The molecule has 0 spiro atoms. The minimum Gasteiger partial charge on any atom is -0.236 e. The fraction of sp³-hybridized carbons (Fsp3) is 0. The Morgan fingerprint density at radius 2 is 1.61 bits per heavy atom. The largest absolute Gasteiger partial charge is 0.236 e. The van der Waals surface area contributed by atoms with Crippen molar-refractivity contribution < 1.29 is 0 Å². The van der Waals surface area contributed by atoms with Gasteiger partial charge in [0.05, 0.1) is 15.6 Å². The molecule has 0 radical (unpaired) electrons. The molecule has 0 atom stereocenters. The summed E-state index contributed by atoms with van der Waals surface area (Å²) in [6, 6.07) is 11.5. The van der Waals surface area contributed by atoms with Gasteiger partial charge in [0, 0.05) is 17.8 Å². The number of fused-ring (bicyclic) bond motifs is 1. The van der Waals surface area contributed by atoms with Gasteiger partial charge in [-0.05, 0) is 17.5 Å². The maximum Gasteiger partial charge on any atom is 0.162 e. The third-order valence-corrected chi connectivity index (χ3v) is 3.42. The quantitative estimate of drug-likeness (QED) is 0.648. The normalized spacial score (nSPS) is 10.8. The molecule has 0 saturated heterocycles. The highest BCUT2D eigenvalue weighted by atomic mass is 35.5. The first-order valence-corrected chi connectivity index (χ1v) is 6.17. The van der Waals surface area contributed by atoms with E-state index in [4.69, 9.17) is 23.2 Å². The van der Waals surface area contributed by atoms with Crippen LogP contribution in [0.4, 0.5) is 0 Å². The SMILES string of the molecule is Clc1cc2ccccc2c(Cl)c1-c1ncccn1. The number of aromatic nitrogens is 2. The van der Waals surface area contributed by atoms with E-state index in [1.54, 1.807) is 18.5 Å². The van der Waals surface area contributed by atoms with Crippen LogP contribution >= 0.6 is 23.2 Å². The van der Waals surface area contributed by atoms with Crippen molar-refractivity contribution >= 4 is 34.0 Å². The smallest absolute Gasteiger partial charge is 0.162 e. The van der Waals surface area contributed by atoms with Gasteiger partial charge in [-0.1, -0.05) is 47.5 Å². The summed E-state index contributed by atoms with van der Waals surface area (Å²) in [4.78, 5) is 8.39. The Bertz CT molecular complexity index is 712. The van der Waals surface area contributed by atoms with Crippen LogP contribution in [0.25, 0.3) is 22.2 Å². The predicted molar refractivity (Wildman–Crippen MR) is 75.0 cm³/mol. The van der Waals surface area contributed by atoms with Crippen molar-refractivity contribution in [2.75, 3.05) is 0 Å². The van der Waals surface area contributed by atoms with Gasteiger partial charge in [-0.15, -0.1) is 0 Å². The summed E-state index contributed by atoms with van der Waals surface area (Å²) in [6.45, 7) is 0. The maximum absolute atomic E-state index is 6.42. The van der Waals surface area contributed by atoms with Crippen LogP contribution in [-0.4, -0.2) is 9.97 Å². The molecule has 0 bridgehead atoms. The third kappa shape index (κ3) is 1.84. The Balaban J connectivity index is 2.37. The van der Waals surface area contributed by atoms with Crippen molar-refractivity contribution in [3.05, 3.63) is 58.8 Å². The summed E-state index contributed by atoms with van der Waals surface area (Å²) in [7, 11) is 0. The van der Waals surface area contributed by atoms with Gasteiger partial charge in [-0.2, -0.15) is 0 Å². The minimum atomic E-state index is 0.540. The molecule has 0 N–H and O–H groups in total. The summed E-state index contributed by atoms with van der Waals surface area (Å²) in [5, 5.41) is 3.10. The lowest BCUT2D eigenvalue weighted by Gasteiger charge is -2.08. The molecule has 2 nitrogen and oxygen atoms in total. The predicted octanol–water partition coefficient (Wildman–Crippen LogP) is 4.60. The summed E-state index contributed by atoms with van der Waals surface area (Å²) >= 11 is 12.7. The third-order valence-electron chi connectivity index (χ3n) is 2.73. The Morgan fingerprint density at radius 3 is 2.39 bits per heavy atom. The highest BCUT2D eigenvalue weighted by molar-refractivity contribution is 6.42. The molecule has 1 aromatic heterocycles. The lowest BCUT2D eigenvalue weighted by molar-refractivity contribution is 1.18.